The van der Waals surface area contributed by atoms with Crippen molar-refractivity contribution in [3.05, 3.63) is 53.3 Å². The van der Waals surface area contributed by atoms with Crippen LogP contribution >= 0.6 is 0 Å². The molecule has 0 fully saturated rings. The van der Waals surface area contributed by atoms with Gasteiger partial charge in [-0.1, -0.05) is 30.3 Å². The van der Waals surface area contributed by atoms with E-state index in [1.807, 2.05) is 35.6 Å². The Morgan fingerprint density at radius 3 is 2.30 bits per heavy atom. The SMILES string of the molecule is CNC(=O)c1[nH]c(C(=O)N[C@@H](C)C(F)(F)F)cc1O[C@H](C)c1ccccc1. The van der Waals surface area contributed by atoms with Crippen LogP contribution in [0.15, 0.2) is 36.4 Å². The van der Waals surface area contributed by atoms with Gasteiger partial charge in [-0.25, -0.2) is 0 Å². The summed E-state index contributed by atoms with van der Waals surface area (Å²) in [7, 11) is 1.39. The third-order valence-corrected chi connectivity index (χ3v) is 3.89. The van der Waals surface area contributed by atoms with E-state index < -0.39 is 30.1 Å². The van der Waals surface area contributed by atoms with Gasteiger partial charge in [-0.15, -0.1) is 0 Å². The minimum Gasteiger partial charge on any atom is -0.484 e. The highest BCUT2D eigenvalue weighted by atomic mass is 19.4. The lowest BCUT2D eigenvalue weighted by Gasteiger charge is -2.16. The van der Waals surface area contributed by atoms with Gasteiger partial charge in [-0.05, 0) is 19.4 Å². The molecule has 0 saturated heterocycles. The lowest BCUT2D eigenvalue weighted by Crippen LogP contribution is -2.43. The van der Waals surface area contributed by atoms with Crippen molar-refractivity contribution in [1.82, 2.24) is 15.6 Å². The molecule has 1 heterocycles. The number of carbonyl (C=O) groups excluding carboxylic acids is 2. The fourth-order valence-electron chi connectivity index (χ4n) is 2.28. The summed E-state index contributed by atoms with van der Waals surface area (Å²) in [5, 5.41) is 4.23. The van der Waals surface area contributed by atoms with Crippen LogP contribution in [0.4, 0.5) is 13.2 Å². The largest absolute Gasteiger partial charge is 0.484 e. The molecule has 0 aliphatic rings. The highest BCUT2D eigenvalue weighted by Gasteiger charge is 2.37. The Morgan fingerprint density at radius 2 is 1.74 bits per heavy atom. The molecule has 1 aromatic heterocycles. The molecule has 2 atom stereocenters. The molecule has 0 radical (unpaired) electrons. The number of alkyl halides is 3. The predicted octanol–water partition coefficient (Wildman–Crippen LogP) is 3.19. The maximum atomic E-state index is 12.6. The number of rotatable bonds is 6. The molecular weight excluding hydrogens is 363 g/mol. The zero-order valence-corrected chi connectivity index (χ0v) is 15.0. The minimum absolute atomic E-state index is 0.0508. The van der Waals surface area contributed by atoms with Gasteiger partial charge in [0.05, 0.1) is 0 Å². The molecule has 0 unspecified atom stereocenters. The summed E-state index contributed by atoms with van der Waals surface area (Å²) in [5.74, 6) is -1.49. The molecule has 2 aromatic rings. The summed E-state index contributed by atoms with van der Waals surface area (Å²) in [6, 6.07) is 8.32. The van der Waals surface area contributed by atoms with Gasteiger partial charge in [0.1, 0.15) is 23.5 Å². The van der Waals surface area contributed by atoms with Gasteiger partial charge in [-0.3, -0.25) is 9.59 Å². The molecular formula is C18H20F3N3O3. The lowest BCUT2D eigenvalue weighted by atomic mass is 10.1. The molecule has 0 aliphatic heterocycles. The zero-order valence-electron chi connectivity index (χ0n) is 15.0. The normalized spacial score (nSPS) is 13.6. The highest BCUT2D eigenvalue weighted by Crippen LogP contribution is 2.27. The van der Waals surface area contributed by atoms with Crippen LogP contribution in [0.3, 0.4) is 0 Å². The average molecular weight is 383 g/mol. The van der Waals surface area contributed by atoms with Crippen LogP contribution in [0.5, 0.6) is 5.75 Å². The van der Waals surface area contributed by atoms with E-state index in [9.17, 15) is 22.8 Å². The molecule has 1 aromatic carbocycles. The van der Waals surface area contributed by atoms with Crippen LogP contribution < -0.4 is 15.4 Å². The fourth-order valence-corrected chi connectivity index (χ4v) is 2.28. The number of amides is 2. The summed E-state index contributed by atoms with van der Waals surface area (Å²) in [6.45, 7) is 2.58. The van der Waals surface area contributed by atoms with E-state index in [2.05, 4.69) is 10.3 Å². The van der Waals surface area contributed by atoms with Gasteiger partial charge >= 0.3 is 6.18 Å². The number of benzene rings is 1. The van der Waals surface area contributed by atoms with Crippen molar-refractivity contribution in [2.45, 2.75) is 32.2 Å². The number of carbonyl (C=O) groups is 2. The van der Waals surface area contributed by atoms with Crippen molar-refractivity contribution in [3.8, 4) is 5.75 Å². The Kier molecular flexibility index (Phi) is 6.14. The molecule has 2 amide bonds. The third kappa shape index (κ3) is 5.02. The van der Waals surface area contributed by atoms with Crippen LogP contribution in [0.1, 0.15) is 46.5 Å². The second-order valence-corrected chi connectivity index (χ2v) is 5.91. The number of H-pyrrole nitrogens is 1. The summed E-state index contributed by atoms with van der Waals surface area (Å²) < 4.78 is 43.7. The maximum Gasteiger partial charge on any atom is 0.408 e. The molecule has 0 spiro atoms. The first kappa shape index (κ1) is 20.3. The minimum atomic E-state index is -4.58. The number of ether oxygens (including phenoxy) is 1. The van der Waals surface area contributed by atoms with Crippen molar-refractivity contribution in [2.24, 2.45) is 0 Å². The summed E-state index contributed by atoms with van der Waals surface area (Å²) in [6.07, 6.45) is -5.03. The maximum absolute atomic E-state index is 12.6. The van der Waals surface area contributed by atoms with Crippen LogP contribution in [-0.4, -0.2) is 36.1 Å². The molecule has 0 bridgehead atoms. The van der Waals surface area contributed by atoms with E-state index >= 15 is 0 Å². The van der Waals surface area contributed by atoms with E-state index in [4.69, 9.17) is 4.74 Å². The van der Waals surface area contributed by atoms with Gasteiger partial charge in [-0.2, -0.15) is 13.2 Å². The smallest absolute Gasteiger partial charge is 0.408 e. The standard InChI is InChI=1S/C18H20F3N3O3/c1-10(12-7-5-4-6-8-12)27-14-9-13(24-15(14)17(26)22-3)16(25)23-11(2)18(19,20)21/h4-11,24H,1-3H3,(H,22,26)(H,23,25)/t10-,11+/m1/s1. The van der Waals surface area contributed by atoms with Gasteiger partial charge in [0.15, 0.2) is 5.75 Å². The molecule has 2 rings (SSSR count). The van der Waals surface area contributed by atoms with Crippen molar-refractivity contribution in [1.29, 1.82) is 0 Å². The molecule has 3 N–H and O–H groups in total. The molecule has 6 nitrogen and oxygen atoms in total. The zero-order chi connectivity index (χ0) is 20.2. The van der Waals surface area contributed by atoms with E-state index in [-0.39, 0.29) is 17.1 Å². The molecule has 0 aliphatic carbocycles. The topological polar surface area (TPSA) is 83.2 Å². The second kappa shape index (κ2) is 8.15. The third-order valence-electron chi connectivity index (χ3n) is 3.89. The number of halogens is 3. The molecule has 27 heavy (non-hydrogen) atoms. The van der Waals surface area contributed by atoms with Crippen molar-refractivity contribution in [2.75, 3.05) is 7.05 Å². The Morgan fingerprint density at radius 1 is 1.11 bits per heavy atom. The summed E-state index contributed by atoms with van der Waals surface area (Å²) >= 11 is 0. The number of aromatic nitrogens is 1. The van der Waals surface area contributed by atoms with Gasteiger partial charge in [0.2, 0.25) is 0 Å². The number of hydrogen-bond donors (Lipinski definition) is 3. The Balaban J connectivity index is 2.26. The Hall–Kier alpha value is -2.97. The first-order valence-electron chi connectivity index (χ1n) is 8.17. The second-order valence-electron chi connectivity index (χ2n) is 5.91. The van der Waals surface area contributed by atoms with Crippen molar-refractivity contribution >= 4 is 11.8 Å². The molecule has 146 valence electrons. The first-order chi connectivity index (χ1) is 12.6. The van der Waals surface area contributed by atoms with Gasteiger partial charge in [0, 0.05) is 13.1 Å². The van der Waals surface area contributed by atoms with E-state index in [1.54, 1.807) is 6.92 Å². The highest BCUT2D eigenvalue weighted by molar-refractivity contribution is 5.99. The van der Waals surface area contributed by atoms with Crippen LogP contribution in [0.25, 0.3) is 0 Å². The van der Waals surface area contributed by atoms with Gasteiger partial charge in [0.25, 0.3) is 11.8 Å². The van der Waals surface area contributed by atoms with E-state index in [0.717, 1.165) is 12.5 Å². The number of hydrogen-bond acceptors (Lipinski definition) is 3. The molecule has 9 heteroatoms. The quantitative estimate of drug-likeness (QED) is 0.716. The Labute approximate surface area is 154 Å². The first-order valence-corrected chi connectivity index (χ1v) is 8.17. The predicted molar refractivity (Wildman–Crippen MR) is 92.7 cm³/mol. The van der Waals surface area contributed by atoms with Crippen molar-refractivity contribution < 1.29 is 27.5 Å². The summed E-state index contributed by atoms with van der Waals surface area (Å²) in [5.41, 5.74) is 0.573. The van der Waals surface area contributed by atoms with Crippen molar-refractivity contribution in [3.63, 3.8) is 0 Å². The monoisotopic (exact) mass is 383 g/mol. The molecule has 0 saturated carbocycles. The van der Waals surface area contributed by atoms with Crippen LogP contribution in [-0.2, 0) is 0 Å². The van der Waals surface area contributed by atoms with Crippen LogP contribution in [0, 0.1) is 0 Å². The van der Waals surface area contributed by atoms with E-state index in [1.165, 1.54) is 13.1 Å². The van der Waals surface area contributed by atoms with E-state index in [0.29, 0.717) is 0 Å². The Bertz CT molecular complexity index is 803. The fraction of sp³-hybridized carbons (Fsp3) is 0.333. The lowest BCUT2D eigenvalue weighted by molar-refractivity contribution is -0.149. The number of nitrogens with one attached hydrogen (secondary N) is 3. The summed E-state index contributed by atoms with van der Waals surface area (Å²) in [4.78, 5) is 26.7. The van der Waals surface area contributed by atoms with Crippen LogP contribution in [0.2, 0.25) is 0 Å². The number of aromatic amines is 1. The van der Waals surface area contributed by atoms with Gasteiger partial charge < -0.3 is 20.4 Å². The average Bonchev–Trinajstić information content (AvgIpc) is 3.04.